The lowest BCUT2D eigenvalue weighted by atomic mass is 9.91. The van der Waals surface area contributed by atoms with Gasteiger partial charge < -0.3 is 9.47 Å². The Kier molecular flexibility index (Phi) is 5.24. The van der Waals surface area contributed by atoms with E-state index >= 15 is 0 Å². The highest BCUT2D eigenvalue weighted by Gasteiger charge is 2.23. The second-order valence-corrected chi connectivity index (χ2v) is 8.40. The van der Waals surface area contributed by atoms with Crippen molar-refractivity contribution in [1.29, 1.82) is 0 Å². The lowest BCUT2D eigenvalue weighted by Crippen LogP contribution is -2.16. The van der Waals surface area contributed by atoms with Gasteiger partial charge in [-0.3, -0.25) is 4.72 Å². The summed E-state index contributed by atoms with van der Waals surface area (Å²) in [7, 11) is -0.785. The number of fused-ring (bicyclic) bond motifs is 1. The van der Waals surface area contributed by atoms with Crippen LogP contribution in [0.2, 0.25) is 0 Å². The number of sulfonamides is 1. The number of nitrogens with one attached hydrogen (secondary N) is 1. The predicted molar refractivity (Wildman–Crippen MR) is 101 cm³/mol. The fourth-order valence-electron chi connectivity index (χ4n) is 3.12. The van der Waals surface area contributed by atoms with E-state index in [1.54, 1.807) is 6.07 Å². The van der Waals surface area contributed by atoms with Crippen LogP contribution in [0.5, 0.6) is 11.5 Å². The van der Waals surface area contributed by atoms with Gasteiger partial charge in [-0.1, -0.05) is 12.1 Å². The van der Waals surface area contributed by atoms with Crippen molar-refractivity contribution in [1.82, 2.24) is 0 Å². The van der Waals surface area contributed by atoms with E-state index in [0.717, 1.165) is 31.2 Å². The van der Waals surface area contributed by atoms with Gasteiger partial charge in [-0.25, -0.2) is 8.42 Å². The molecule has 3 rings (SSSR count). The van der Waals surface area contributed by atoms with Crippen molar-refractivity contribution in [2.75, 3.05) is 18.9 Å². The average molecular weight is 426 g/mol. The minimum atomic E-state index is -3.77. The predicted octanol–water partition coefficient (Wildman–Crippen LogP) is 4.15. The van der Waals surface area contributed by atoms with Crippen molar-refractivity contribution in [2.24, 2.45) is 0 Å². The van der Waals surface area contributed by atoms with Crippen molar-refractivity contribution in [3.63, 3.8) is 0 Å². The van der Waals surface area contributed by atoms with E-state index in [1.165, 1.54) is 25.8 Å². The topological polar surface area (TPSA) is 64.6 Å². The van der Waals surface area contributed by atoms with Gasteiger partial charge in [0.1, 0.15) is 4.90 Å². The molecule has 2 aromatic rings. The minimum Gasteiger partial charge on any atom is -0.493 e. The quantitative estimate of drug-likeness (QED) is 0.781. The van der Waals surface area contributed by atoms with Gasteiger partial charge in [-0.05, 0) is 64.9 Å². The van der Waals surface area contributed by atoms with Crippen LogP contribution in [0.4, 0.5) is 5.69 Å². The first-order chi connectivity index (χ1) is 12.0. The van der Waals surface area contributed by atoms with E-state index in [2.05, 4.69) is 26.7 Å². The number of anilines is 1. The average Bonchev–Trinajstić information content (AvgIpc) is 2.61. The molecule has 0 amide bonds. The largest absolute Gasteiger partial charge is 0.493 e. The van der Waals surface area contributed by atoms with Crippen LogP contribution < -0.4 is 14.2 Å². The van der Waals surface area contributed by atoms with E-state index < -0.39 is 10.0 Å². The van der Waals surface area contributed by atoms with Gasteiger partial charge in [-0.2, -0.15) is 0 Å². The van der Waals surface area contributed by atoms with Crippen LogP contribution in [0, 0.1) is 0 Å². The Morgan fingerprint density at radius 2 is 1.72 bits per heavy atom. The van der Waals surface area contributed by atoms with Gasteiger partial charge in [0.15, 0.2) is 11.5 Å². The monoisotopic (exact) mass is 425 g/mol. The summed E-state index contributed by atoms with van der Waals surface area (Å²) < 4.78 is 39.5. The van der Waals surface area contributed by atoms with E-state index in [-0.39, 0.29) is 4.90 Å². The molecule has 25 heavy (non-hydrogen) atoms. The third kappa shape index (κ3) is 3.62. The molecule has 134 valence electrons. The Hall–Kier alpha value is -1.73. The third-order valence-corrected chi connectivity index (χ3v) is 6.69. The summed E-state index contributed by atoms with van der Waals surface area (Å²) in [6, 6.07) is 8.83. The number of hydrogen-bond acceptors (Lipinski definition) is 4. The lowest BCUT2D eigenvalue weighted by molar-refractivity contribution is 0.353. The van der Waals surface area contributed by atoms with Crippen LogP contribution in [0.25, 0.3) is 0 Å². The Balaban J connectivity index is 2.01. The zero-order valence-electron chi connectivity index (χ0n) is 14.1. The molecule has 0 aliphatic heterocycles. The first kappa shape index (κ1) is 18.1. The highest BCUT2D eigenvalue weighted by atomic mass is 79.9. The molecule has 1 N–H and O–H groups in total. The molecule has 1 aliphatic rings. The van der Waals surface area contributed by atoms with E-state index in [1.807, 2.05) is 12.1 Å². The van der Waals surface area contributed by atoms with Gasteiger partial charge in [0, 0.05) is 10.5 Å². The summed E-state index contributed by atoms with van der Waals surface area (Å²) in [6.45, 7) is 0. The molecule has 0 saturated heterocycles. The molecule has 0 unspecified atom stereocenters. The Morgan fingerprint density at radius 1 is 1.04 bits per heavy atom. The van der Waals surface area contributed by atoms with Crippen molar-refractivity contribution in [3.05, 3.63) is 45.9 Å². The molecule has 5 nitrogen and oxygen atoms in total. The molecule has 0 spiro atoms. The van der Waals surface area contributed by atoms with E-state index in [0.29, 0.717) is 21.7 Å². The first-order valence-corrected chi connectivity index (χ1v) is 10.3. The molecule has 0 radical (unpaired) electrons. The molecule has 0 bridgehead atoms. The van der Waals surface area contributed by atoms with Gasteiger partial charge >= 0.3 is 0 Å². The van der Waals surface area contributed by atoms with E-state index in [4.69, 9.17) is 9.47 Å². The normalized spacial score (nSPS) is 13.9. The van der Waals surface area contributed by atoms with Crippen LogP contribution in [0.1, 0.15) is 24.0 Å². The second kappa shape index (κ2) is 7.25. The molecular weight excluding hydrogens is 406 g/mol. The van der Waals surface area contributed by atoms with Crippen LogP contribution >= 0.6 is 15.9 Å². The van der Waals surface area contributed by atoms with Crippen LogP contribution in [-0.2, 0) is 22.9 Å². The van der Waals surface area contributed by atoms with Gasteiger partial charge in [0.2, 0.25) is 0 Å². The number of hydrogen-bond donors (Lipinski definition) is 1. The molecule has 0 atom stereocenters. The summed E-state index contributed by atoms with van der Waals surface area (Å²) in [4.78, 5) is 0.110. The number of benzene rings is 2. The molecule has 7 heteroatoms. The van der Waals surface area contributed by atoms with Crippen molar-refractivity contribution < 1.29 is 17.9 Å². The van der Waals surface area contributed by atoms with Crippen LogP contribution in [0.15, 0.2) is 39.7 Å². The molecule has 0 heterocycles. The maximum absolute atomic E-state index is 12.9. The smallest absolute Gasteiger partial charge is 0.263 e. The molecule has 0 fully saturated rings. The number of halogens is 1. The standard InChI is InChI=1S/C18H20BrNO4S/c1-23-16-10-14(19)18(11-17(16)24-2)25(21,22)20-15-9-5-7-12-6-3-4-8-13(12)15/h5,7,9-11,20H,3-4,6,8H2,1-2H3. The SMILES string of the molecule is COc1cc(Br)c(S(=O)(=O)Nc2cccc3c2CCCC3)cc1OC. The number of methoxy groups -OCH3 is 2. The maximum Gasteiger partial charge on any atom is 0.263 e. The van der Waals surface area contributed by atoms with E-state index in [9.17, 15) is 8.42 Å². The minimum absolute atomic E-state index is 0.110. The molecule has 0 saturated carbocycles. The van der Waals surface area contributed by atoms with Crippen LogP contribution in [0.3, 0.4) is 0 Å². The highest BCUT2D eigenvalue weighted by molar-refractivity contribution is 9.10. The Morgan fingerprint density at radius 3 is 2.44 bits per heavy atom. The number of ether oxygens (including phenoxy) is 2. The molecule has 1 aliphatic carbocycles. The highest BCUT2D eigenvalue weighted by Crippen LogP contribution is 2.37. The second-order valence-electron chi connectivity index (χ2n) is 5.89. The summed E-state index contributed by atoms with van der Waals surface area (Å²) in [6.07, 6.45) is 4.10. The summed E-state index contributed by atoms with van der Waals surface area (Å²) in [5, 5.41) is 0. The zero-order chi connectivity index (χ0) is 18.0. The summed E-state index contributed by atoms with van der Waals surface area (Å²) in [5.74, 6) is 0.826. The summed E-state index contributed by atoms with van der Waals surface area (Å²) >= 11 is 3.32. The summed E-state index contributed by atoms with van der Waals surface area (Å²) in [5.41, 5.74) is 2.96. The third-order valence-electron chi connectivity index (χ3n) is 4.37. The van der Waals surface area contributed by atoms with Gasteiger partial charge in [0.25, 0.3) is 10.0 Å². The molecular formula is C18H20BrNO4S. The Bertz CT molecular complexity index is 896. The van der Waals surface area contributed by atoms with Crippen molar-refractivity contribution in [2.45, 2.75) is 30.6 Å². The number of rotatable bonds is 5. The maximum atomic E-state index is 12.9. The molecule has 0 aromatic heterocycles. The fraction of sp³-hybridized carbons (Fsp3) is 0.333. The lowest BCUT2D eigenvalue weighted by Gasteiger charge is -2.20. The zero-order valence-corrected chi connectivity index (χ0v) is 16.5. The van der Waals surface area contributed by atoms with Gasteiger partial charge in [0.05, 0.1) is 19.9 Å². The fourth-order valence-corrected chi connectivity index (χ4v) is 5.25. The number of aryl methyl sites for hydroxylation is 1. The Labute approximate surface area is 156 Å². The van der Waals surface area contributed by atoms with Crippen molar-refractivity contribution in [3.8, 4) is 11.5 Å². The molecule has 2 aromatic carbocycles. The first-order valence-electron chi connectivity index (χ1n) is 8.01. The van der Waals surface area contributed by atoms with Gasteiger partial charge in [-0.15, -0.1) is 0 Å². The van der Waals surface area contributed by atoms with Crippen LogP contribution in [-0.4, -0.2) is 22.6 Å². The van der Waals surface area contributed by atoms with Crippen molar-refractivity contribution >= 4 is 31.6 Å².